The van der Waals surface area contributed by atoms with Crippen LogP contribution in [0.4, 0.5) is 0 Å². The van der Waals surface area contributed by atoms with Crippen molar-refractivity contribution in [3.8, 4) is 0 Å². The molecule has 8 heteroatoms. The monoisotopic (exact) mass is 498 g/mol. The Morgan fingerprint density at radius 2 is 2.04 bits per heavy atom. The molecular weight excluding hydrogens is 467 g/mol. The van der Waals surface area contributed by atoms with Gasteiger partial charge in [-0.3, -0.25) is 4.99 Å². The van der Waals surface area contributed by atoms with E-state index in [0.29, 0.717) is 12.6 Å². The first-order valence-corrected chi connectivity index (χ1v) is 9.68. The predicted octanol–water partition coefficient (Wildman–Crippen LogP) is 2.33. The van der Waals surface area contributed by atoms with Crippen molar-refractivity contribution in [2.75, 3.05) is 20.7 Å². The zero-order valence-electron chi connectivity index (χ0n) is 16.9. The highest BCUT2D eigenvalue weighted by Gasteiger charge is 2.22. The number of nitrogens with one attached hydrogen (secondary N) is 2. The van der Waals surface area contributed by atoms with Crippen molar-refractivity contribution >= 4 is 29.9 Å². The van der Waals surface area contributed by atoms with Gasteiger partial charge in [-0.2, -0.15) is 5.10 Å². The summed E-state index contributed by atoms with van der Waals surface area (Å²) in [6.45, 7) is 4.29. The highest BCUT2D eigenvalue weighted by Crippen LogP contribution is 2.13. The Bertz CT molecular complexity index is 759. The van der Waals surface area contributed by atoms with E-state index in [2.05, 4.69) is 56.9 Å². The number of benzene rings is 1. The highest BCUT2D eigenvalue weighted by molar-refractivity contribution is 14.0. The molecule has 1 aliphatic rings. The molecular formula is C20H31IN6O. The molecule has 7 nitrogen and oxygen atoms in total. The zero-order chi connectivity index (χ0) is 19.1. The summed E-state index contributed by atoms with van der Waals surface area (Å²) in [6, 6.07) is 9.13. The third kappa shape index (κ3) is 6.16. The maximum Gasteiger partial charge on any atom is 0.191 e. The van der Waals surface area contributed by atoms with Gasteiger partial charge in [-0.15, -0.1) is 24.0 Å². The van der Waals surface area contributed by atoms with Crippen molar-refractivity contribution in [3.05, 3.63) is 47.0 Å². The molecule has 1 aliphatic heterocycles. The Morgan fingerprint density at radius 3 is 2.71 bits per heavy atom. The van der Waals surface area contributed by atoms with E-state index < -0.39 is 0 Å². The molecule has 1 atom stereocenters. The fourth-order valence-electron chi connectivity index (χ4n) is 3.32. The van der Waals surface area contributed by atoms with Gasteiger partial charge in [-0.05, 0) is 30.4 Å². The summed E-state index contributed by atoms with van der Waals surface area (Å²) in [6.07, 6.45) is 3.99. The van der Waals surface area contributed by atoms with Crippen LogP contribution in [0.5, 0.6) is 0 Å². The molecule has 2 aromatic rings. The molecule has 0 amide bonds. The lowest BCUT2D eigenvalue weighted by Gasteiger charge is -2.25. The number of halogens is 1. The first kappa shape index (κ1) is 22.6. The second-order valence-electron chi connectivity index (χ2n) is 6.86. The lowest BCUT2D eigenvalue weighted by atomic mass is 10.1. The van der Waals surface area contributed by atoms with Gasteiger partial charge in [-0.1, -0.05) is 31.2 Å². The van der Waals surface area contributed by atoms with Gasteiger partial charge in [-0.25, -0.2) is 9.67 Å². The maximum absolute atomic E-state index is 5.12. The van der Waals surface area contributed by atoms with Crippen LogP contribution < -0.4 is 10.6 Å². The number of ether oxygens (including phenoxy) is 1. The van der Waals surface area contributed by atoms with E-state index >= 15 is 0 Å². The van der Waals surface area contributed by atoms with Gasteiger partial charge in [0.15, 0.2) is 11.8 Å². The molecule has 1 aromatic carbocycles. The van der Waals surface area contributed by atoms with Gasteiger partial charge in [0, 0.05) is 33.2 Å². The van der Waals surface area contributed by atoms with Crippen LogP contribution in [0.25, 0.3) is 0 Å². The summed E-state index contributed by atoms with van der Waals surface area (Å²) in [5.74, 6) is 2.63. The second-order valence-corrected chi connectivity index (χ2v) is 6.86. The second kappa shape index (κ2) is 11.4. The van der Waals surface area contributed by atoms with E-state index in [4.69, 9.17) is 4.74 Å². The van der Waals surface area contributed by atoms with Gasteiger partial charge in [0.05, 0.1) is 6.54 Å². The van der Waals surface area contributed by atoms with Gasteiger partial charge in [0.1, 0.15) is 12.4 Å². The molecule has 0 saturated heterocycles. The van der Waals surface area contributed by atoms with Crippen LogP contribution in [0.15, 0.2) is 29.3 Å². The molecule has 1 unspecified atom stereocenters. The van der Waals surface area contributed by atoms with Crippen LogP contribution in [-0.2, 0) is 37.2 Å². The molecule has 0 spiro atoms. The molecule has 2 heterocycles. The smallest absolute Gasteiger partial charge is 0.191 e. The van der Waals surface area contributed by atoms with E-state index in [-0.39, 0.29) is 24.0 Å². The summed E-state index contributed by atoms with van der Waals surface area (Å²) in [5.41, 5.74) is 2.72. The normalized spacial score (nSPS) is 16.2. The number of methoxy groups -OCH3 is 1. The number of aromatic nitrogens is 3. The fourth-order valence-corrected chi connectivity index (χ4v) is 3.32. The van der Waals surface area contributed by atoms with Crippen LogP contribution in [0.2, 0.25) is 0 Å². The molecule has 28 heavy (non-hydrogen) atoms. The highest BCUT2D eigenvalue weighted by atomic mass is 127. The minimum Gasteiger partial charge on any atom is -0.377 e. The van der Waals surface area contributed by atoms with Crippen LogP contribution in [0.3, 0.4) is 0 Å². The van der Waals surface area contributed by atoms with Crippen LogP contribution in [0.1, 0.15) is 36.1 Å². The molecule has 0 aliphatic carbocycles. The van der Waals surface area contributed by atoms with Crippen molar-refractivity contribution in [2.24, 2.45) is 4.99 Å². The Hall–Kier alpha value is -1.68. The number of hydrogen-bond acceptors (Lipinski definition) is 4. The average Bonchev–Trinajstić information content (AvgIpc) is 3.09. The standard InChI is InChI=1S/C20H30N6O.HI/c1-4-15-5-7-16(8-6-15)11-12-22-20(21-2)23-17-9-10-19-24-18(14-27-3)25-26(19)13-17;/h5-8,17H,4,9-14H2,1-3H3,(H2,21,22,23);1H. The molecule has 1 aromatic heterocycles. The van der Waals surface area contributed by atoms with Crippen LogP contribution >= 0.6 is 24.0 Å². The van der Waals surface area contributed by atoms with E-state index in [9.17, 15) is 0 Å². The van der Waals surface area contributed by atoms with Crippen molar-refractivity contribution in [2.45, 2.75) is 51.8 Å². The first-order chi connectivity index (χ1) is 13.2. The van der Waals surface area contributed by atoms with Crippen LogP contribution in [-0.4, -0.2) is 47.5 Å². The number of nitrogens with zero attached hydrogens (tertiary/aromatic N) is 4. The van der Waals surface area contributed by atoms with E-state index in [1.807, 2.05) is 11.7 Å². The number of fused-ring (bicyclic) bond motifs is 1. The molecule has 0 fully saturated rings. The van der Waals surface area contributed by atoms with E-state index in [0.717, 1.165) is 56.4 Å². The number of rotatable bonds is 7. The van der Waals surface area contributed by atoms with E-state index in [1.165, 1.54) is 11.1 Å². The number of aliphatic imine (C=N–C) groups is 1. The molecule has 0 bridgehead atoms. The number of guanidine groups is 1. The van der Waals surface area contributed by atoms with Crippen molar-refractivity contribution in [1.29, 1.82) is 0 Å². The minimum atomic E-state index is 0. The molecule has 2 N–H and O–H groups in total. The summed E-state index contributed by atoms with van der Waals surface area (Å²) in [4.78, 5) is 8.88. The third-order valence-electron chi connectivity index (χ3n) is 4.88. The predicted molar refractivity (Wildman–Crippen MR) is 122 cm³/mol. The number of hydrogen-bond donors (Lipinski definition) is 2. The van der Waals surface area contributed by atoms with E-state index in [1.54, 1.807) is 7.11 Å². The van der Waals surface area contributed by atoms with Gasteiger partial charge in [0.25, 0.3) is 0 Å². The Labute approximate surface area is 184 Å². The Balaban J connectivity index is 0.00000280. The fraction of sp³-hybridized carbons (Fsp3) is 0.550. The largest absolute Gasteiger partial charge is 0.377 e. The average molecular weight is 498 g/mol. The first-order valence-electron chi connectivity index (χ1n) is 9.68. The lowest BCUT2D eigenvalue weighted by molar-refractivity contribution is 0.177. The Kier molecular flexibility index (Phi) is 9.17. The summed E-state index contributed by atoms with van der Waals surface area (Å²) in [7, 11) is 3.48. The minimum absolute atomic E-state index is 0. The molecule has 3 rings (SSSR count). The van der Waals surface area contributed by atoms with Crippen LogP contribution in [0, 0.1) is 0 Å². The summed E-state index contributed by atoms with van der Waals surface area (Å²) < 4.78 is 7.11. The number of aryl methyl sites for hydroxylation is 2. The van der Waals surface area contributed by atoms with Gasteiger partial charge in [0.2, 0.25) is 0 Å². The summed E-state index contributed by atoms with van der Waals surface area (Å²) in [5, 5.41) is 11.4. The quantitative estimate of drug-likeness (QED) is 0.348. The van der Waals surface area contributed by atoms with Gasteiger partial charge < -0.3 is 15.4 Å². The zero-order valence-corrected chi connectivity index (χ0v) is 19.3. The molecule has 0 radical (unpaired) electrons. The summed E-state index contributed by atoms with van der Waals surface area (Å²) >= 11 is 0. The SMILES string of the molecule is CCc1ccc(CCNC(=NC)NC2CCc3nc(COC)nn3C2)cc1.I. The molecule has 154 valence electrons. The van der Waals surface area contributed by atoms with Crippen molar-refractivity contribution in [1.82, 2.24) is 25.4 Å². The molecule has 0 saturated carbocycles. The van der Waals surface area contributed by atoms with Crippen molar-refractivity contribution in [3.63, 3.8) is 0 Å². The third-order valence-corrected chi connectivity index (χ3v) is 4.88. The Morgan fingerprint density at radius 1 is 1.29 bits per heavy atom. The lowest BCUT2D eigenvalue weighted by Crippen LogP contribution is -2.47. The van der Waals surface area contributed by atoms with Crippen molar-refractivity contribution < 1.29 is 4.74 Å². The maximum atomic E-state index is 5.12. The van der Waals surface area contributed by atoms with Gasteiger partial charge >= 0.3 is 0 Å². The topological polar surface area (TPSA) is 76.4 Å².